The average Bonchev–Trinajstić information content (AvgIpc) is 3.10. The van der Waals surface area contributed by atoms with E-state index in [1.54, 1.807) is 4.68 Å². The van der Waals surface area contributed by atoms with E-state index >= 15 is 0 Å². The van der Waals surface area contributed by atoms with Crippen LogP contribution in [-0.4, -0.2) is 20.7 Å². The van der Waals surface area contributed by atoms with Gasteiger partial charge in [-0.3, -0.25) is 10.1 Å². The second-order valence-corrected chi connectivity index (χ2v) is 7.29. The van der Waals surface area contributed by atoms with E-state index in [1.165, 1.54) is 0 Å². The molecule has 1 atom stereocenters. The van der Waals surface area contributed by atoms with E-state index < -0.39 is 0 Å². The van der Waals surface area contributed by atoms with Gasteiger partial charge in [0.05, 0.1) is 0 Å². The molecule has 0 bridgehead atoms. The van der Waals surface area contributed by atoms with Crippen LogP contribution in [0.2, 0.25) is 5.02 Å². The first-order valence-corrected chi connectivity index (χ1v) is 9.47. The summed E-state index contributed by atoms with van der Waals surface area (Å²) in [4.78, 5) is 16.5. The normalized spacial score (nSPS) is 15.6. The molecular formula is C21H20ClN5O. The Hall–Kier alpha value is -3.12. The molecule has 28 heavy (non-hydrogen) atoms. The second kappa shape index (κ2) is 7.48. The average molecular weight is 394 g/mol. The number of hydrogen-bond acceptors (Lipinski definition) is 4. The van der Waals surface area contributed by atoms with Gasteiger partial charge in [-0.25, -0.2) is 4.68 Å². The Morgan fingerprint density at radius 3 is 2.57 bits per heavy atom. The predicted octanol–water partition coefficient (Wildman–Crippen LogP) is 4.58. The van der Waals surface area contributed by atoms with Crippen LogP contribution in [0.5, 0.6) is 0 Å². The Morgan fingerprint density at radius 1 is 1.14 bits per heavy atom. The standard InChI is InChI=1S/C21H20ClN5O/c1-13(2)19(28)24-20-25-21-23-17(14-8-4-3-5-9-14)12-18(27(21)26-20)15-10-6-7-11-16(15)22/h3-13,18H,1-2H3,(H2,23,24,25,26,28)/t18-/m0/s1. The van der Waals surface area contributed by atoms with Gasteiger partial charge in [0.1, 0.15) is 6.04 Å². The summed E-state index contributed by atoms with van der Waals surface area (Å²) in [6, 6.07) is 17.4. The molecule has 7 heteroatoms. The maximum Gasteiger partial charge on any atom is 0.250 e. The molecule has 0 fully saturated rings. The smallest absolute Gasteiger partial charge is 0.250 e. The Labute approximate surface area is 168 Å². The number of rotatable bonds is 4. The first kappa shape index (κ1) is 18.3. The molecule has 2 aromatic carbocycles. The number of carbonyl (C=O) groups excluding carboxylic acids is 1. The number of hydrogen-bond donors (Lipinski definition) is 2. The Balaban J connectivity index is 1.78. The number of benzene rings is 2. The summed E-state index contributed by atoms with van der Waals surface area (Å²) in [5, 5.41) is 11.2. The van der Waals surface area contributed by atoms with Gasteiger partial charge in [-0.05, 0) is 23.3 Å². The zero-order valence-electron chi connectivity index (χ0n) is 15.6. The van der Waals surface area contributed by atoms with Gasteiger partial charge < -0.3 is 5.32 Å². The molecule has 1 aliphatic rings. The molecule has 142 valence electrons. The number of nitrogens with one attached hydrogen (secondary N) is 2. The zero-order valence-corrected chi connectivity index (χ0v) is 16.3. The van der Waals surface area contributed by atoms with Crippen molar-refractivity contribution in [3.63, 3.8) is 0 Å². The van der Waals surface area contributed by atoms with E-state index in [2.05, 4.69) is 26.8 Å². The van der Waals surface area contributed by atoms with E-state index in [9.17, 15) is 4.79 Å². The van der Waals surface area contributed by atoms with E-state index in [4.69, 9.17) is 11.6 Å². The summed E-state index contributed by atoms with van der Waals surface area (Å²) in [5.74, 6) is 0.519. The van der Waals surface area contributed by atoms with Crippen molar-refractivity contribution in [2.75, 3.05) is 10.6 Å². The van der Waals surface area contributed by atoms with Crippen molar-refractivity contribution in [1.29, 1.82) is 0 Å². The van der Waals surface area contributed by atoms with Crippen LogP contribution in [0.15, 0.2) is 60.7 Å². The molecule has 2 N–H and O–H groups in total. The lowest BCUT2D eigenvalue weighted by atomic mass is 10.0. The van der Waals surface area contributed by atoms with Crippen LogP contribution in [0.3, 0.4) is 0 Å². The van der Waals surface area contributed by atoms with Crippen molar-refractivity contribution in [3.05, 3.63) is 76.8 Å². The fraction of sp³-hybridized carbons (Fsp3) is 0.190. The number of allylic oxidation sites excluding steroid dienone is 1. The highest BCUT2D eigenvalue weighted by Crippen LogP contribution is 2.35. The van der Waals surface area contributed by atoms with E-state index in [-0.39, 0.29) is 23.8 Å². The van der Waals surface area contributed by atoms with Gasteiger partial charge in [0.15, 0.2) is 0 Å². The van der Waals surface area contributed by atoms with Crippen LogP contribution >= 0.6 is 11.6 Å². The molecule has 0 radical (unpaired) electrons. The maximum atomic E-state index is 12.1. The topological polar surface area (TPSA) is 71.8 Å². The molecule has 1 aromatic heterocycles. The van der Waals surface area contributed by atoms with Crippen LogP contribution in [0.1, 0.15) is 31.0 Å². The lowest BCUT2D eigenvalue weighted by molar-refractivity contribution is -0.118. The number of nitrogens with zero attached hydrogens (tertiary/aromatic N) is 3. The fourth-order valence-corrected chi connectivity index (χ4v) is 3.27. The third kappa shape index (κ3) is 3.51. The van der Waals surface area contributed by atoms with Gasteiger partial charge in [-0.2, -0.15) is 4.98 Å². The predicted molar refractivity (Wildman–Crippen MR) is 111 cm³/mol. The maximum absolute atomic E-state index is 12.1. The molecule has 2 heterocycles. The lowest BCUT2D eigenvalue weighted by Crippen LogP contribution is -2.21. The SMILES string of the molecule is CC(C)C(=O)Nc1nc2n(n1)[C@H](c1ccccc1Cl)C=C(c1ccccc1)N2. The first-order valence-electron chi connectivity index (χ1n) is 9.09. The summed E-state index contributed by atoms with van der Waals surface area (Å²) in [6.45, 7) is 3.65. The number of amides is 1. The lowest BCUT2D eigenvalue weighted by Gasteiger charge is -2.24. The largest absolute Gasteiger partial charge is 0.324 e. The molecule has 0 saturated carbocycles. The van der Waals surface area contributed by atoms with Gasteiger partial charge in [-0.15, -0.1) is 5.10 Å². The van der Waals surface area contributed by atoms with E-state index in [1.807, 2.05) is 68.4 Å². The molecule has 0 aliphatic carbocycles. The summed E-state index contributed by atoms with van der Waals surface area (Å²) in [6.07, 6.45) is 2.06. The summed E-state index contributed by atoms with van der Waals surface area (Å²) in [5.41, 5.74) is 2.85. The molecule has 1 aliphatic heterocycles. The van der Waals surface area contributed by atoms with Crippen LogP contribution in [-0.2, 0) is 4.79 Å². The van der Waals surface area contributed by atoms with E-state index in [0.29, 0.717) is 11.0 Å². The van der Waals surface area contributed by atoms with Gasteiger partial charge in [-0.1, -0.05) is 74.0 Å². The number of anilines is 2. The van der Waals surface area contributed by atoms with E-state index in [0.717, 1.165) is 16.8 Å². The quantitative estimate of drug-likeness (QED) is 0.680. The number of carbonyl (C=O) groups is 1. The molecule has 1 amide bonds. The van der Waals surface area contributed by atoms with Crippen LogP contribution < -0.4 is 10.6 Å². The monoisotopic (exact) mass is 393 g/mol. The van der Waals surface area contributed by atoms with Crippen LogP contribution in [0.4, 0.5) is 11.9 Å². The van der Waals surface area contributed by atoms with Crippen molar-refractivity contribution in [2.45, 2.75) is 19.9 Å². The van der Waals surface area contributed by atoms with Gasteiger partial charge in [0.2, 0.25) is 11.9 Å². The zero-order chi connectivity index (χ0) is 19.7. The van der Waals surface area contributed by atoms with Crippen molar-refractivity contribution in [3.8, 4) is 0 Å². The van der Waals surface area contributed by atoms with Gasteiger partial charge in [0.25, 0.3) is 5.95 Å². The summed E-state index contributed by atoms with van der Waals surface area (Å²) in [7, 11) is 0. The summed E-state index contributed by atoms with van der Waals surface area (Å²) >= 11 is 6.47. The van der Waals surface area contributed by atoms with Crippen LogP contribution in [0, 0.1) is 5.92 Å². The molecule has 0 spiro atoms. The van der Waals surface area contributed by atoms with Crippen molar-refractivity contribution in [2.24, 2.45) is 5.92 Å². The molecular weight excluding hydrogens is 374 g/mol. The Morgan fingerprint density at radius 2 is 1.86 bits per heavy atom. The molecule has 4 rings (SSSR count). The minimum absolute atomic E-state index is 0.131. The Kier molecular flexibility index (Phi) is 4.88. The first-order chi connectivity index (χ1) is 13.5. The highest BCUT2D eigenvalue weighted by atomic mass is 35.5. The second-order valence-electron chi connectivity index (χ2n) is 6.89. The Bertz CT molecular complexity index is 1040. The minimum atomic E-state index is -0.252. The molecule has 3 aromatic rings. The van der Waals surface area contributed by atoms with Crippen LogP contribution in [0.25, 0.3) is 5.70 Å². The van der Waals surface area contributed by atoms with Gasteiger partial charge >= 0.3 is 0 Å². The number of fused-ring (bicyclic) bond motifs is 1. The third-order valence-electron chi connectivity index (χ3n) is 4.53. The van der Waals surface area contributed by atoms with Gasteiger partial charge in [0, 0.05) is 16.6 Å². The minimum Gasteiger partial charge on any atom is -0.324 e. The van der Waals surface area contributed by atoms with Crippen molar-refractivity contribution < 1.29 is 4.79 Å². The molecule has 0 unspecified atom stereocenters. The fourth-order valence-electron chi connectivity index (χ4n) is 3.02. The number of aromatic nitrogens is 3. The highest BCUT2D eigenvalue weighted by molar-refractivity contribution is 6.31. The number of halogens is 1. The summed E-state index contributed by atoms with van der Waals surface area (Å²) < 4.78 is 1.74. The van der Waals surface area contributed by atoms with Crippen molar-refractivity contribution in [1.82, 2.24) is 14.8 Å². The van der Waals surface area contributed by atoms with Crippen molar-refractivity contribution >= 4 is 35.1 Å². The molecule has 0 saturated heterocycles. The molecule has 6 nitrogen and oxygen atoms in total. The third-order valence-corrected chi connectivity index (χ3v) is 4.88. The highest BCUT2D eigenvalue weighted by Gasteiger charge is 2.27.